The van der Waals surface area contributed by atoms with Crippen LogP contribution in [0, 0.1) is 0 Å². The van der Waals surface area contributed by atoms with Crippen LogP contribution in [0.2, 0.25) is 0 Å². The molecule has 0 aromatic carbocycles. The number of nitrogens with zero attached hydrogens (tertiary/aromatic N) is 1. The highest BCUT2D eigenvalue weighted by Crippen LogP contribution is 2.03. The van der Waals surface area contributed by atoms with Gasteiger partial charge in [0.05, 0.1) is 13.2 Å². The van der Waals surface area contributed by atoms with Crippen molar-refractivity contribution in [3.63, 3.8) is 0 Å². The molecule has 0 atom stereocenters. The first kappa shape index (κ1) is 14.4. The van der Waals surface area contributed by atoms with Gasteiger partial charge >= 0.3 is 5.97 Å². The van der Waals surface area contributed by atoms with Crippen molar-refractivity contribution < 1.29 is 9.53 Å². The van der Waals surface area contributed by atoms with Gasteiger partial charge in [-0.2, -0.15) is 0 Å². The second-order valence-corrected chi connectivity index (χ2v) is 4.08. The maximum absolute atomic E-state index is 11.3. The van der Waals surface area contributed by atoms with Gasteiger partial charge in [0.2, 0.25) is 0 Å². The van der Waals surface area contributed by atoms with Gasteiger partial charge in [0.15, 0.2) is 0 Å². The van der Waals surface area contributed by atoms with Gasteiger partial charge in [0, 0.05) is 6.04 Å². The number of rotatable bonds is 8. The summed E-state index contributed by atoms with van der Waals surface area (Å²) >= 11 is 0. The highest BCUT2D eigenvalue weighted by molar-refractivity contribution is 5.71. The molecule has 0 spiro atoms. The van der Waals surface area contributed by atoms with Crippen molar-refractivity contribution in [2.24, 2.45) is 0 Å². The van der Waals surface area contributed by atoms with Crippen molar-refractivity contribution in [3.8, 4) is 0 Å². The molecule has 0 heterocycles. The van der Waals surface area contributed by atoms with Crippen molar-refractivity contribution in [1.82, 2.24) is 4.90 Å². The van der Waals surface area contributed by atoms with Crippen LogP contribution in [0.3, 0.4) is 0 Å². The zero-order chi connectivity index (χ0) is 11.7. The Morgan fingerprint density at radius 3 is 2.40 bits per heavy atom. The van der Waals surface area contributed by atoms with Gasteiger partial charge in [-0.3, -0.25) is 9.69 Å². The largest absolute Gasteiger partial charge is 0.465 e. The van der Waals surface area contributed by atoms with Crippen molar-refractivity contribution >= 4 is 5.97 Å². The maximum atomic E-state index is 11.3. The average Bonchev–Trinajstić information content (AvgIpc) is 2.16. The fourth-order valence-corrected chi connectivity index (χ4v) is 1.46. The third-order valence-corrected chi connectivity index (χ3v) is 2.42. The molecule has 0 rings (SSSR count). The van der Waals surface area contributed by atoms with Crippen LogP contribution in [0.1, 0.15) is 47.0 Å². The van der Waals surface area contributed by atoms with E-state index in [9.17, 15) is 4.79 Å². The lowest BCUT2D eigenvalue weighted by Crippen LogP contribution is -2.37. The van der Waals surface area contributed by atoms with Gasteiger partial charge in [0.25, 0.3) is 0 Å². The predicted molar refractivity (Wildman–Crippen MR) is 62.9 cm³/mol. The summed E-state index contributed by atoms with van der Waals surface area (Å²) in [6.07, 6.45) is 3.60. The number of carbonyl (C=O) groups excluding carboxylic acids is 1. The van der Waals surface area contributed by atoms with E-state index in [4.69, 9.17) is 4.74 Å². The van der Waals surface area contributed by atoms with E-state index in [1.165, 1.54) is 12.8 Å². The SMILES string of the molecule is CCCCCN(CC(=O)OCC)C(C)C. The molecule has 3 heteroatoms. The smallest absolute Gasteiger partial charge is 0.320 e. The first-order valence-corrected chi connectivity index (χ1v) is 6.01. The lowest BCUT2D eigenvalue weighted by Gasteiger charge is -2.25. The number of hydrogen-bond acceptors (Lipinski definition) is 3. The molecule has 0 fully saturated rings. The summed E-state index contributed by atoms with van der Waals surface area (Å²) < 4.78 is 4.95. The maximum Gasteiger partial charge on any atom is 0.320 e. The van der Waals surface area contributed by atoms with Gasteiger partial charge in [-0.15, -0.1) is 0 Å². The lowest BCUT2D eigenvalue weighted by molar-refractivity contribution is -0.144. The third-order valence-electron chi connectivity index (χ3n) is 2.42. The van der Waals surface area contributed by atoms with E-state index in [0.717, 1.165) is 13.0 Å². The molecule has 0 bridgehead atoms. The van der Waals surface area contributed by atoms with Crippen molar-refractivity contribution in [1.29, 1.82) is 0 Å². The van der Waals surface area contributed by atoms with E-state index >= 15 is 0 Å². The second kappa shape index (κ2) is 8.72. The Kier molecular flexibility index (Phi) is 8.38. The minimum Gasteiger partial charge on any atom is -0.465 e. The summed E-state index contributed by atoms with van der Waals surface area (Å²) in [5.74, 6) is -0.109. The first-order valence-electron chi connectivity index (χ1n) is 6.01. The lowest BCUT2D eigenvalue weighted by atomic mass is 10.2. The highest BCUT2D eigenvalue weighted by Gasteiger charge is 2.13. The molecule has 0 radical (unpaired) electrons. The molecule has 0 saturated carbocycles. The van der Waals surface area contributed by atoms with E-state index in [1.54, 1.807) is 0 Å². The van der Waals surface area contributed by atoms with Crippen LogP contribution in [-0.4, -0.2) is 36.6 Å². The Morgan fingerprint density at radius 1 is 1.27 bits per heavy atom. The zero-order valence-electron chi connectivity index (χ0n) is 10.6. The standard InChI is InChI=1S/C12H25NO2/c1-5-7-8-9-13(11(3)4)10-12(14)15-6-2/h11H,5-10H2,1-4H3. The van der Waals surface area contributed by atoms with Crippen LogP contribution in [0.4, 0.5) is 0 Å². The number of hydrogen-bond donors (Lipinski definition) is 0. The Hall–Kier alpha value is -0.570. The van der Waals surface area contributed by atoms with Gasteiger partial charge in [0.1, 0.15) is 0 Å². The number of ether oxygens (including phenoxy) is 1. The van der Waals surface area contributed by atoms with Crippen LogP contribution >= 0.6 is 0 Å². The molecule has 0 aliphatic carbocycles. The van der Waals surface area contributed by atoms with Crippen molar-refractivity contribution in [2.45, 2.75) is 53.0 Å². The Balaban J connectivity index is 3.87. The number of unbranched alkanes of at least 4 members (excludes halogenated alkanes) is 2. The summed E-state index contributed by atoms with van der Waals surface area (Å²) in [7, 11) is 0. The Labute approximate surface area is 93.8 Å². The summed E-state index contributed by atoms with van der Waals surface area (Å²) in [5, 5.41) is 0. The molecule has 0 amide bonds. The Morgan fingerprint density at radius 2 is 1.93 bits per heavy atom. The molecule has 90 valence electrons. The summed E-state index contributed by atoms with van der Waals surface area (Å²) in [4.78, 5) is 13.5. The molecule has 0 saturated heterocycles. The van der Waals surface area contributed by atoms with Gasteiger partial charge in [-0.1, -0.05) is 19.8 Å². The van der Waals surface area contributed by atoms with Crippen LogP contribution in [-0.2, 0) is 9.53 Å². The quantitative estimate of drug-likeness (QED) is 0.460. The van der Waals surface area contributed by atoms with Crippen LogP contribution in [0.25, 0.3) is 0 Å². The molecule has 3 nitrogen and oxygen atoms in total. The topological polar surface area (TPSA) is 29.5 Å². The first-order chi connectivity index (χ1) is 7.11. The fourth-order valence-electron chi connectivity index (χ4n) is 1.46. The van der Waals surface area contributed by atoms with E-state index < -0.39 is 0 Å². The number of esters is 1. The van der Waals surface area contributed by atoms with Crippen molar-refractivity contribution in [3.05, 3.63) is 0 Å². The minimum absolute atomic E-state index is 0.109. The molecule has 0 N–H and O–H groups in total. The molecule has 0 unspecified atom stereocenters. The second-order valence-electron chi connectivity index (χ2n) is 4.08. The van der Waals surface area contributed by atoms with E-state index in [1.807, 2.05) is 6.92 Å². The van der Waals surface area contributed by atoms with E-state index in [0.29, 0.717) is 19.2 Å². The fraction of sp³-hybridized carbons (Fsp3) is 0.917. The van der Waals surface area contributed by atoms with E-state index in [-0.39, 0.29) is 5.97 Å². The minimum atomic E-state index is -0.109. The van der Waals surface area contributed by atoms with Gasteiger partial charge < -0.3 is 4.74 Å². The van der Waals surface area contributed by atoms with Gasteiger partial charge in [-0.25, -0.2) is 0 Å². The summed E-state index contributed by atoms with van der Waals surface area (Å²) in [6.45, 7) is 10.1. The normalized spacial score (nSPS) is 11.1. The highest BCUT2D eigenvalue weighted by atomic mass is 16.5. The number of carbonyl (C=O) groups is 1. The molecular formula is C12H25NO2. The van der Waals surface area contributed by atoms with Crippen LogP contribution in [0.15, 0.2) is 0 Å². The van der Waals surface area contributed by atoms with E-state index in [2.05, 4.69) is 25.7 Å². The van der Waals surface area contributed by atoms with Crippen LogP contribution in [0.5, 0.6) is 0 Å². The molecular weight excluding hydrogens is 190 g/mol. The molecule has 0 aromatic heterocycles. The van der Waals surface area contributed by atoms with Crippen molar-refractivity contribution in [2.75, 3.05) is 19.7 Å². The predicted octanol–water partition coefficient (Wildman–Crippen LogP) is 2.45. The Bertz CT molecular complexity index is 169. The van der Waals surface area contributed by atoms with Crippen LogP contribution < -0.4 is 0 Å². The molecule has 0 aliphatic heterocycles. The molecule has 0 aliphatic rings. The third kappa shape index (κ3) is 7.37. The summed E-state index contributed by atoms with van der Waals surface area (Å²) in [5.41, 5.74) is 0. The molecule has 0 aromatic rings. The monoisotopic (exact) mass is 215 g/mol. The average molecular weight is 215 g/mol. The van der Waals surface area contributed by atoms with Gasteiger partial charge in [-0.05, 0) is 33.7 Å². The zero-order valence-corrected chi connectivity index (χ0v) is 10.6. The molecule has 15 heavy (non-hydrogen) atoms. The summed E-state index contributed by atoms with van der Waals surface area (Å²) in [6, 6.07) is 0.409.